The van der Waals surface area contributed by atoms with Crippen molar-refractivity contribution in [2.24, 2.45) is 7.05 Å². The van der Waals surface area contributed by atoms with Gasteiger partial charge in [-0.2, -0.15) is 0 Å². The third kappa shape index (κ3) is 1.11. The van der Waals surface area contributed by atoms with Crippen molar-refractivity contribution in [3.05, 3.63) is 24.5 Å². The van der Waals surface area contributed by atoms with E-state index in [4.69, 9.17) is 4.42 Å². The maximum Gasteiger partial charge on any atom is 0.246 e. The normalized spacial score (nSPS) is 10.5. The Morgan fingerprint density at radius 3 is 2.75 bits per heavy atom. The molecule has 0 saturated heterocycles. The van der Waals surface area contributed by atoms with E-state index in [1.54, 1.807) is 12.5 Å². The van der Waals surface area contributed by atoms with Crippen molar-refractivity contribution in [3.63, 3.8) is 0 Å². The molecule has 0 N–H and O–H groups in total. The molecule has 0 amide bonds. The molecule has 0 atom stereocenters. The van der Waals surface area contributed by atoms with Crippen LogP contribution in [-0.4, -0.2) is 14.5 Å². The third-order valence-corrected chi connectivity index (χ3v) is 1.55. The Hall–Kier alpha value is -1.58. The van der Waals surface area contributed by atoms with Crippen LogP contribution in [0.1, 0.15) is 5.76 Å². The predicted octanol–water partition coefficient (Wildman–Crippen LogP) is 1.38. The first-order valence-electron chi connectivity index (χ1n) is 3.66. The zero-order chi connectivity index (χ0) is 8.55. The minimum atomic E-state index is 0.577. The Morgan fingerprint density at radius 1 is 1.42 bits per heavy atom. The molecule has 0 bridgehead atoms. The third-order valence-electron chi connectivity index (χ3n) is 1.55. The van der Waals surface area contributed by atoms with E-state index in [2.05, 4.69) is 9.97 Å². The fourth-order valence-electron chi connectivity index (χ4n) is 0.996. The van der Waals surface area contributed by atoms with Crippen molar-refractivity contribution in [2.45, 2.75) is 6.92 Å². The molecule has 0 radical (unpaired) electrons. The molecule has 4 heteroatoms. The summed E-state index contributed by atoms with van der Waals surface area (Å²) in [6.07, 6.45) is 5.27. The molecule has 0 fully saturated rings. The van der Waals surface area contributed by atoms with E-state index in [0.717, 1.165) is 11.5 Å². The number of rotatable bonds is 1. The summed E-state index contributed by atoms with van der Waals surface area (Å²) in [5.74, 6) is 1.38. The zero-order valence-corrected chi connectivity index (χ0v) is 6.98. The van der Waals surface area contributed by atoms with Gasteiger partial charge in [0.2, 0.25) is 5.89 Å². The Labute approximate surface area is 69.9 Å². The standard InChI is InChI=1S/C8H9N3O/c1-6-3-9-8(12-6)7-4-11(2)5-10-7/h3-5H,1-2H3. The number of imidazole rings is 1. The van der Waals surface area contributed by atoms with Gasteiger partial charge in [-0.05, 0) is 6.92 Å². The zero-order valence-electron chi connectivity index (χ0n) is 6.98. The molecule has 0 unspecified atom stereocenters. The van der Waals surface area contributed by atoms with Gasteiger partial charge in [-0.15, -0.1) is 0 Å². The van der Waals surface area contributed by atoms with Crippen LogP contribution < -0.4 is 0 Å². The highest BCUT2D eigenvalue weighted by Crippen LogP contribution is 2.15. The summed E-state index contributed by atoms with van der Waals surface area (Å²) in [4.78, 5) is 8.16. The smallest absolute Gasteiger partial charge is 0.246 e. The van der Waals surface area contributed by atoms with Crippen molar-refractivity contribution in [3.8, 4) is 11.6 Å². The predicted molar refractivity (Wildman–Crippen MR) is 43.4 cm³/mol. The minimum Gasteiger partial charge on any atom is -0.440 e. The van der Waals surface area contributed by atoms with E-state index in [9.17, 15) is 0 Å². The van der Waals surface area contributed by atoms with Gasteiger partial charge in [0, 0.05) is 13.2 Å². The van der Waals surface area contributed by atoms with Gasteiger partial charge in [0.05, 0.1) is 12.5 Å². The molecule has 0 aromatic carbocycles. The minimum absolute atomic E-state index is 0.577. The lowest BCUT2D eigenvalue weighted by atomic mass is 10.5. The molecule has 62 valence electrons. The van der Waals surface area contributed by atoms with Crippen LogP contribution in [0, 0.1) is 6.92 Å². The van der Waals surface area contributed by atoms with Crippen LogP contribution in [-0.2, 0) is 7.05 Å². The molecule has 0 spiro atoms. The highest BCUT2D eigenvalue weighted by molar-refractivity contribution is 5.44. The van der Waals surface area contributed by atoms with E-state index in [0.29, 0.717) is 5.89 Å². The quantitative estimate of drug-likeness (QED) is 0.638. The topological polar surface area (TPSA) is 43.9 Å². The number of aromatic nitrogens is 3. The average molecular weight is 163 g/mol. The fraction of sp³-hybridized carbons (Fsp3) is 0.250. The molecule has 2 aromatic rings. The van der Waals surface area contributed by atoms with Crippen molar-refractivity contribution in [1.82, 2.24) is 14.5 Å². The summed E-state index contributed by atoms with van der Waals surface area (Å²) in [6.45, 7) is 1.86. The summed E-state index contributed by atoms with van der Waals surface area (Å²) in [5, 5.41) is 0. The van der Waals surface area contributed by atoms with Gasteiger partial charge in [-0.25, -0.2) is 9.97 Å². The SMILES string of the molecule is Cc1cnc(-c2cn(C)cn2)o1. The molecule has 2 rings (SSSR count). The molecular formula is C8H9N3O. The maximum absolute atomic E-state index is 5.30. The molecule has 0 aliphatic rings. The van der Waals surface area contributed by atoms with Gasteiger partial charge >= 0.3 is 0 Å². The van der Waals surface area contributed by atoms with E-state index in [1.165, 1.54) is 0 Å². The summed E-state index contributed by atoms with van der Waals surface area (Å²) in [5.41, 5.74) is 0.769. The van der Waals surface area contributed by atoms with Gasteiger partial charge in [-0.3, -0.25) is 0 Å². The second-order valence-electron chi connectivity index (χ2n) is 2.70. The number of nitrogens with zero attached hydrogens (tertiary/aromatic N) is 3. The van der Waals surface area contributed by atoms with Crippen LogP contribution in [0.4, 0.5) is 0 Å². The molecule has 0 aliphatic carbocycles. The fourth-order valence-corrected chi connectivity index (χ4v) is 0.996. The number of hydrogen-bond donors (Lipinski definition) is 0. The molecule has 4 nitrogen and oxygen atoms in total. The first-order chi connectivity index (χ1) is 5.75. The van der Waals surface area contributed by atoms with Crippen LogP contribution in [0.3, 0.4) is 0 Å². The first kappa shape index (κ1) is 7.09. The van der Waals surface area contributed by atoms with Crippen LogP contribution in [0.2, 0.25) is 0 Å². The highest BCUT2D eigenvalue weighted by Gasteiger charge is 2.05. The van der Waals surface area contributed by atoms with Crippen molar-refractivity contribution in [2.75, 3.05) is 0 Å². The lowest BCUT2D eigenvalue weighted by molar-refractivity contribution is 0.540. The largest absolute Gasteiger partial charge is 0.440 e. The second kappa shape index (κ2) is 2.48. The van der Waals surface area contributed by atoms with Crippen molar-refractivity contribution >= 4 is 0 Å². The summed E-state index contributed by atoms with van der Waals surface area (Å²) < 4.78 is 7.15. The lowest BCUT2D eigenvalue weighted by Crippen LogP contribution is -1.78. The van der Waals surface area contributed by atoms with Gasteiger partial charge in [-0.1, -0.05) is 0 Å². The van der Waals surface area contributed by atoms with E-state index in [-0.39, 0.29) is 0 Å². The Morgan fingerprint density at radius 2 is 2.25 bits per heavy atom. The molecule has 12 heavy (non-hydrogen) atoms. The van der Waals surface area contributed by atoms with Gasteiger partial charge in [0.1, 0.15) is 11.5 Å². The molecule has 2 heterocycles. The van der Waals surface area contributed by atoms with E-state index < -0.39 is 0 Å². The van der Waals surface area contributed by atoms with Crippen molar-refractivity contribution in [1.29, 1.82) is 0 Å². The first-order valence-corrected chi connectivity index (χ1v) is 3.66. The van der Waals surface area contributed by atoms with Crippen LogP contribution in [0.15, 0.2) is 23.1 Å². The molecule has 0 aliphatic heterocycles. The van der Waals surface area contributed by atoms with Crippen LogP contribution >= 0.6 is 0 Å². The summed E-state index contributed by atoms with van der Waals surface area (Å²) >= 11 is 0. The number of oxazole rings is 1. The monoisotopic (exact) mass is 163 g/mol. The second-order valence-corrected chi connectivity index (χ2v) is 2.70. The Balaban J connectivity index is 2.43. The van der Waals surface area contributed by atoms with E-state index in [1.807, 2.05) is 24.7 Å². The van der Waals surface area contributed by atoms with Gasteiger partial charge in [0.25, 0.3) is 0 Å². The number of aryl methyl sites for hydroxylation is 2. The van der Waals surface area contributed by atoms with Crippen molar-refractivity contribution < 1.29 is 4.42 Å². The Kier molecular flexibility index (Phi) is 1.46. The highest BCUT2D eigenvalue weighted by atomic mass is 16.4. The van der Waals surface area contributed by atoms with Gasteiger partial charge in [0.15, 0.2) is 0 Å². The lowest BCUT2D eigenvalue weighted by Gasteiger charge is -1.85. The number of hydrogen-bond acceptors (Lipinski definition) is 3. The summed E-state index contributed by atoms with van der Waals surface area (Å²) in [6, 6.07) is 0. The summed E-state index contributed by atoms with van der Waals surface area (Å²) in [7, 11) is 1.91. The molecular weight excluding hydrogens is 154 g/mol. The van der Waals surface area contributed by atoms with Crippen LogP contribution in [0.5, 0.6) is 0 Å². The van der Waals surface area contributed by atoms with Gasteiger partial charge < -0.3 is 8.98 Å². The maximum atomic E-state index is 5.30. The molecule has 2 aromatic heterocycles. The van der Waals surface area contributed by atoms with Crippen LogP contribution in [0.25, 0.3) is 11.6 Å². The Bertz CT molecular complexity index is 350. The van der Waals surface area contributed by atoms with E-state index >= 15 is 0 Å². The average Bonchev–Trinajstić information content (AvgIpc) is 2.58. The molecule has 0 saturated carbocycles.